The van der Waals surface area contributed by atoms with Crippen molar-refractivity contribution < 1.29 is 14.7 Å². The minimum Gasteiger partial charge on any atom is -0.465 e. The van der Waals surface area contributed by atoms with Gasteiger partial charge in [-0.05, 0) is 12.0 Å². The Kier molecular flexibility index (Phi) is 6.15. The quantitative estimate of drug-likeness (QED) is 0.515. The number of amides is 2. The first kappa shape index (κ1) is 14.8. The van der Waals surface area contributed by atoms with Gasteiger partial charge >= 0.3 is 6.09 Å². The summed E-state index contributed by atoms with van der Waals surface area (Å²) in [4.78, 5) is 22.6. The first-order valence-corrected chi connectivity index (χ1v) is 6.05. The minimum absolute atomic E-state index is 0.326. The highest BCUT2D eigenvalue weighted by Crippen LogP contribution is 2.03. The number of nitrogens with one attached hydrogen (secondary N) is 2. The Morgan fingerprint density at radius 1 is 1.32 bits per heavy atom. The Bertz CT molecular complexity index is 432. The summed E-state index contributed by atoms with van der Waals surface area (Å²) in [6.45, 7) is 4.01. The van der Waals surface area contributed by atoms with E-state index in [0.29, 0.717) is 19.4 Å². The van der Waals surface area contributed by atoms with Crippen LogP contribution in [0.3, 0.4) is 0 Å². The van der Waals surface area contributed by atoms with E-state index in [0.717, 1.165) is 5.56 Å². The third-order valence-electron chi connectivity index (χ3n) is 2.54. The molecule has 0 aliphatic heterocycles. The summed E-state index contributed by atoms with van der Waals surface area (Å²) in [6.07, 6.45) is 1.46. The lowest BCUT2D eigenvalue weighted by molar-refractivity contribution is -0.122. The molecule has 0 bridgehead atoms. The molecule has 0 saturated carbocycles. The van der Waals surface area contributed by atoms with Crippen LogP contribution in [-0.4, -0.2) is 29.7 Å². The molecule has 19 heavy (non-hydrogen) atoms. The highest BCUT2D eigenvalue weighted by atomic mass is 16.4. The van der Waals surface area contributed by atoms with Gasteiger partial charge in [-0.3, -0.25) is 4.79 Å². The van der Waals surface area contributed by atoms with E-state index in [1.54, 1.807) is 6.08 Å². The largest absolute Gasteiger partial charge is 0.465 e. The molecule has 0 aliphatic carbocycles. The first-order chi connectivity index (χ1) is 9.13. The average Bonchev–Trinajstić information content (AvgIpc) is 2.39. The number of carbonyl (C=O) groups excluding carboxylic acids is 1. The van der Waals surface area contributed by atoms with Gasteiger partial charge in [-0.15, -0.1) is 6.58 Å². The molecule has 3 N–H and O–H groups in total. The van der Waals surface area contributed by atoms with Crippen LogP contribution in [0.15, 0.2) is 43.0 Å². The van der Waals surface area contributed by atoms with Crippen LogP contribution < -0.4 is 10.6 Å². The van der Waals surface area contributed by atoms with Crippen molar-refractivity contribution in [2.24, 2.45) is 0 Å². The standard InChI is InChI=1S/C14H18N2O3/c1-2-3-9-15-13(17)12(16-14(18)19)10-11-7-5-4-6-8-11/h2,4-8,12,16H,1,3,9-10H2,(H,15,17)(H,18,19)/t12-/m0/s1. The van der Waals surface area contributed by atoms with Gasteiger partial charge in [0.1, 0.15) is 6.04 Å². The van der Waals surface area contributed by atoms with E-state index in [1.165, 1.54) is 0 Å². The molecule has 0 heterocycles. The van der Waals surface area contributed by atoms with Crippen LogP contribution in [0.25, 0.3) is 0 Å². The molecule has 1 rings (SSSR count). The maximum Gasteiger partial charge on any atom is 0.405 e. The van der Waals surface area contributed by atoms with Crippen molar-refractivity contribution in [3.63, 3.8) is 0 Å². The van der Waals surface area contributed by atoms with E-state index in [-0.39, 0.29) is 5.91 Å². The summed E-state index contributed by atoms with van der Waals surface area (Å²) in [5.41, 5.74) is 0.903. The molecule has 1 aromatic rings. The normalized spacial score (nSPS) is 11.4. The molecule has 5 heteroatoms. The fourth-order valence-electron chi connectivity index (χ4n) is 1.63. The second kappa shape index (κ2) is 7.92. The predicted octanol–water partition coefficient (Wildman–Crippen LogP) is 1.56. The smallest absolute Gasteiger partial charge is 0.405 e. The Balaban J connectivity index is 2.63. The van der Waals surface area contributed by atoms with E-state index in [9.17, 15) is 9.59 Å². The first-order valence-electron chi connectivity index (χ1n) is 6.05. The highest BCUT2D eigenvalue weighted by molar-refractivity contribution is 5.85. The zero-order valence-electron chi connectivity index (χ0n) is 10.6. The lowest BCUT2D eigenvalue weighted by Crippen LogP contribution is -2.47. The van der Waals surface area contributed by atoms with Gasteiger partial charge in [0.25, 0.3) is 0 Å². The SMILES string of the molecule is C=CCCNC(=O)[C@H](Cc1ccccc1)NC(=O)O. The number of rotatable bonds is 7. The number of hydrogen-bond acceptors (Lipinski definition) is 2. The summed E-state index contributed by atoms with van der Waals surface area (Å²) < 4.78 is 0. The van der Waals surface area contributed by atoms with Gasteiger partial charge in [0.15, 0.2) is 0 Å². The fourth-order valence-corrected chi connectivity index (χ4v) is 1.63. The van der Waals surface area contributed by atoms with Gasteiger partial charge in [-0.1, -0.05) is 36.4 Å². The molecule has 0 radical (unpaired) electrons. The van der Waals surface area contributed by atoms with E-state index >= 15 is 0 Å². The fraction of sp³-hybridized carbons (Fsp3) is 0.286. The Morgan fingerprint density at radius 3 is 2.58 bits per heavy atom. The van der Waals surface area contributed by atoms with Crippen molar-refractivity contribution in [1.29, 1.82) is 0 Å². The summed E-state index contributed by atoms with van der Waals surface area (Å²) >= 11 is 0. The summed E-state index contributed by atoms with van der Waals surface area (Å²) in [5, 5.41) is 13.7. The molecule has 1 atom stereocenters. The average molecular weight is 262 g/mol. The number of benzene rings is 1. The lowest BCUT2D eigenvalue weighted by Gasteiger charge is -2.16. The second-order valence-electron chi connectivity index (χ2n) is 4.06. The second-order valence-corrected chi connectivity index (χ2v) is 4.06. The molecule has 0 aromatic heterocycles. The maximum atomic E-state index is 11.9. The Labute approximate surface area is 112 Å². The van der Waals surface area contributed by atoms with Crippen molar-refractivity contribution in [3.8, 4) is 0 Å². The molecule has 0 spiro atoms. The van der Waals surface area contributed by atoms with Gasteiger partial charge in [-0.25, -0.2) is 4.79 Å². The van der Waals surface area contributed by atoms with Crippen LogP contribution in [0.5, 0.6) is 0 Å². The number of carbonyl (C=O) groups is 2. The molecule has 0 fully saturated rings. The van der Waals surface area contributed by atoms with Crippen molar-refractivity contribution in [2.45, 2.75) is 18.9 Å². The topological polar surface area (TPSA) is 78.4 Å². The van der Waals surface area contributed by atoms with Gasteiger partial charge < -0.3 is 15.7 Å². The molecule has 2 amide bonds. The Hall–Kier alpha value is -2.30. The van der Waals surface area contributed by atoms with Crippen molar-refractivity contribution in [1.82, 2.24) is 10.6 Å². The Morgan fingerprint density at radius 2 is 2.00 bits per heavy atom. The van der Waals surface area contributed by atoms with Gasteiger partial charge in [0, 0.05) is 13.0 Å². The lowest BCUT2D eigenvalue weighted by atomic mass is 10.1. The third-order valence-corrected chi connectivity index (χ3v) is 2.54. The number of carboxylic acid groups (broad SMARTS) is 1. The number of hydrogen-bond donors (Lipinski definition) is 3. The summed E-state index contributed by atoms with van der Waals surface area (Å²) in [7, 11) is 0. The summed E-state index contributed by atoms with van der Waals surface area (Å²) in [6, 6.07) is 8.49. The third kappa shape index (κ3) is 5.72. The van der Waals surface area contributed by atoms with Crippen molar-refractivity contribution >= 4 is 12.0 Å². The van der Waals surface area contributed by atoms with Gasteiger partial charge in [0.05, 0.1) is 0 Å². The van der Waals surface area contributed by atoms with E-state index < -0.39 is 12.1 Å². The molecule has 0 unspecified atom stereocenters. The molecule has 1 aromatic carbocycles. The van der Waals surface area contributed by atoms with Crippen molar-refractivity contribution in [3.05, 3.63) is 48.6 Å². The van der Waals surface area contributed by atoms with Crippen LogP contribution in [0, 0.1) is 0 Å². The van der Waals surface area contributed by atoms with Crippen molar-refractivity contribution in [2.75, 3.05) is 6.54 Å². The zero-order valence-corrected chi connectivity index (χ0v) is 10.6. The molecule has 0 saturated heterocycles. The minimum atomic E-state index is -1.21. The van der Waals surface area contributed by atoms with Crippen LogP contribution in [-0.2, 0) is 11.2 Å². The molecular weight excluding hydrogens is 244 g/mol. The predicted molar refractivity (Wildman–Crippen MR) is 72.9 cm³/mol. The van der Waals surface area contributed by atoms with Crippen LogP contribution in [0.4, 0.5) is 4.79 Å². The van der Waals surface area contributed by atoms with Crippen LogP contribution >= 0.6 is 0 Å². The van der Waals surface area contributed by atoms with Gasteiger partial charge in [0.2, 0.25) is 5.91 Å². The van der Waals surface area contributed by atoms with Crippen LogP contribution in [0.2, 0.25) is 0 Å². The van der Waals surface area contributed by atoms with Gasteiger partial charge in [-0.2, -0.15) is 0 Å². The molecule has 102 valence electrons. The monoisotopic (exact) mass is 262 g/mol. The van der Waals surface area contributed by atoms with E-state index in [2.05, 4.69) is 17.2 Å². The zero-order chi connectivity index (χ0) is 14.1. The van der Waals surface area contributed by atoms with Crippen LogP contribution in [0.1, 0.15) is 12.0 Å². The maximum absolute atomic E-state index is 11.9. The van der Waals surface area contributed by atoms with E-state index in [1.807, 2.05) is 30.3 Å². The molecule has 0 aliphatic rings. The highest BCUT2D eigenvalue weighted by Gasteiger charge is 2.20. The van der Waals surface area contributed by atoms with E-state index in [4.69, 9.17) is 5.11 Å². The molecular formula is C14H18N2O3. The summed E-state index contributed by atoms with van der Waals surface area (Å²) in [5.74, 6) is -0.326. The molecule has 5 nitrogen and oxygen atoms in total.